The average molecular weight is 253 g/mol. The molecular weight excluding hydrogens is 244 g/mol. The smallest absolute Gasteiger partial charge is 0.273 e. The first-order valence-corrected chi connectivity index (χ1v) is 5.31. The molecule has 17 heavy (non-hydrogen) atoms. The molecule has 2 heterocycles. The Kier molecular flexibility index (Phi) is 3.34. The number of nitrogens with one attached hydrogen (secondary N) is 2. The number of hydrogen-bond acceptors (Lipinski definition) is 4. The molecular formula is C10H9ClN4O2. The van der Waals surface area contributed by atoms with Crippen molar-refractivity contribution >= 4 is 34.9 Å². The molecule has 0 spiro atoms. The lowest BCUT2D eigenvalue weighted by Crippen LogP contribution is -2.32. The van der Waals surface area contributed by atoms with Gasteiger partial charge in [-0.3, -0.25) is 9.59 Å². The maximum absolute atomic E-state index is 11.7. The first-order chi connectivity index (χ1) is 8.15. The van der Waals surface area contributed by atoms with Crippen molar-refractivity contribution in [1.82, 2.24) is 10.4 Å². The molecule has 0 bridgehead atoms. The summed E-state index contributed by atoms with van der Waals surface area (Å²) in [6.07, 6.45) is 2.02. The van der Waals surface area contributed by atoms with E-state index in [4.69, 9.17) is 11.6 Å². The van der Waals surface area contributed by atoms with E-state index in [0.717, 1.165) is 0 Å². The fourth-order valence-electron chi connectivity index (χ4n) is 1.28. The van der Waals surface area contributed by atoms with Crippen molar-refractivity contribution in [2.75, 3.05) is 5.32 Å². The van der Waals surface area contributed by atoms with Gasteiger partial charge in [-0.05, 0) is 12.1 Å². The minimum Gasteiger partial charge on any atom is -0.305 e. The Bertz CT molecular complexity index is 484. The molecule has 0 saturated carbocycles. The summed E-state index contributed by atoms with van der Waals surface area (Å²) in [7, 11) is 0. The lowest BCUT2D eigenvalue weighted by atomic mass is 10.1. The van der Waals surface area contributed by atoms with E-state index in [2.05, 4.69) is 20.8 Å². The van der Waals surface area contributed by atoms with Crippen molar-refractivity contribution in [3.63, 3.8) is 0 Å². The van der Waals surface area contributed by atoms with Crippen LogP contribution in [0.4, 0.5) is 5.82 Å². The molecule has 0 fully saturated rings. The van der Waals surface area contributed by atoms with Crippen LogP contribution in [-0.4, -0.2) is 22.5 Å². The first kappa shape index (κ1) is 11.5. The minimum atomic E-state index is -0.375. The van der Waals surface area contributed by atoms with Gasteiger partial charge in [0.25, 0.3) is 5.91 Å². The van der Waals surface area contributed by atoms with Gasteiger partial charge in [-0.15, -0.1) is 0 Å². The van der Waals surface area contributed by atoms with Gasteiger partial charge in [-0.1, -0.05) is 11.6 Å². The van der Waals surface area contributed by atoms with E-state index in [9.17, 15) is 9.59 Å². The summed E-state index contributed by atoms with van der Waals surface area (Å²) in [5, 5.41) is 6.73. The van der Waals surface area contributed by atoms with Crippen molar-refractivity contribution in [3.05, 3.63) is 23.4 Å². The van der Waals surface area contributed by atoms with Crippen LogP contribution >= 0.6 is 11.6 Å². The number of nitrogens with zero attached hydrogens (tertiary/aromatic N) is 2. The van der Waals surface area contributed by atoms with Gasteiger partial charge in [0.05, 0.1) is 5.02 Å². The van der Waals surface area contributed by atoms with Crippen LogP contribution in [0.25, 0.3) is 0 Å². The molecule has 1 aromatic rings. The molecule has 2 N–H and O–H groups in total. The monoisotopic (exact) mass is 252 g/mol. The SMILES string of the molecule is O=C1CCC(C(=O)Nc2ccc(Cl)cn2)=NN1. The second-order valence-electron chi connectivity index (χ2n) is 3.41. The van der Waals surface area contributed by atoms with E-state index in [1.54, 1.807) is 12.1 Å². The molecule has 0 aliphatic carbocycles. The number of hydrogen-bond donors (Lipinski definition) is 2. The topological polar surface area (TPSA) is 83.5 Å². The van der Waals surface area contributed by atoms with Gasteiger partial charge < -0.3 is 5.32 Å². The van der Waals surface area contributed by atoms with E-state index in [1.165, 1.54) is 6.20 Å². The van der Waals surface area contributed by atoms with Gasteiger partial charge in [0.1, 0.15) is 11.5 Å². The molecule has 1 aliphatic heterocycles. The maximum atomic E-state index is 11.7. The number of pyridine rings is 1. The summed E-state index contributed by atoms with van der Waals surface area (Å²) in [6.45, 7) is 0. The van der Waals surface area contributed by atoms with Gasteiger partial charge in [-0.25, -0.2) is 10.4 Å². The van der Waals surface area contributed by atoms with Crippen LogP contribution in [0.2, 0.25) is 5.02 Å². The van der Waals surface area contributed by atoms with E-state index >= 15 is 0 Å². The highest BCUT2D eigenvalue weighted by Crippen LogP contribution is 2.10. The second-order valence-corrected chi connectivity index (χ2v) is 3.85. The Morgan fingerprint density at radius 1 is 1.41 bits per heavy atom. The zero-order valence-electron chi connectivity index (χ0n) is 8.74. The molecule has 1 aliphatic rings. The van der Waals surface area contributed by atoms with Crippen molar-refractivity contribution in [2.24, 2.45) is 5.10 Å². The molecule has 1 aromatic heterocycles. The van der Waals surface area contributed by atoms with Crippen molar-refractivity contribution in [2.45, 2.75) is 12.8 Å². The normalized spacial score (nSPS) is 14.9. The first-order valence-electron chi connectivity index (χ1n) is 4.93. The Labute approximate surface area is 102 Å². The lowest BCUT2D eigenvalue weighted by molar-refractivity contribution is -0.121. The van der Waals surface area contributed by atoms with Gasteiger partial charge in [0.15, 0.2) is 0 Å². The number of amides is 2. The Balaban J connectivity index is 2.02. The van der Waals surface area contributed by atoms with E-state index in [-0.39, 0.29) is 23.9 Å². The zero-order valence-corrected chi connectivity index (χ0v) is 9.49. The summed E-state index contributed by atoms with van der Waals surface area (Å²) in [5.74, 6) is -0.176. The Hall–Kier alpha value is -1.95. The van der Waals surface area contributed by atoms with Gasteiger partial charge in [0, 0.05) is 19.0 Å². The number of hydrazone groups is 1. The molecule has 7 heteroatoms. The predicted octanol–water partition coefficient (Wildman–Crippen LogP) is 0.939. The molecule has 0 atom stereocenters. The molecule has 6 nitrogen and oxygen atoms in total. The number of halogens is 1. The van der Waals surface area contributed by atoms with Crippen molar-refractivity contribution in [3.8, 4) is 0 Å². The third-order valence-electron chi connectivity index (χ3n) is 2.14. The summed E-state index contributed by atoms with van der Waals surface area (Å²) in [4.78, 5) is 26.5. The molecule has 0 aromatic carbocycles. The average Bonchev–Trinajstić information content (AvgIpc) is 2.33. The number of aromatic nitrogens is 1. The third kappa shape index (κ3) is 3.01. The van der Waals surface area contributed by atoms with Gasteiger partial charge in [0.2, 0.25) is 5.91 Å². The van der Waals surface area contributed by atoms with E-state index in [1.807, 2.05) is 0 Å². The Morgan fingerprint density at radius 2 is 2.24 bits per heavy atom. The number of carbonyl (C=O) groups excluding carboxylic acids is 2. The molecule has 0 saturated heterocycles. The van der Waals surface area contributed by atoms with Gasteiger partial charge >= 0.3 is 0 Å². The lowest BCUT2D eigenvalue weighted by Gasteiger charge is -2.11. The van der Waals surface area contributed by atoms with E-state index < -0.39 is 0 Å². The maximum Gasteiger partial charge on any atom is 0.273 e. The quantitative estimate of drug-likeness (QED) is 0.822. The number of rotatable bonds is 2. The highest BCUT2D eigenvalue weighted by molar-refractivity contribution is 6.43. The van der Waals surface area contributed by atoms with Crippen LogP contribution in [0.1, 0.15) is 12.8 Å². The van der Waals surface area contributed by atoms with Crippen LogP contribution in [0.3, 0.4) is 0 Å². The van der Waals surface area contributed by atoms with Crippen molar-refractivity contribution < 1.29 is 9.59 Å². The summed E-state index contributed by atoms with van der Waals surface area (Å²) >= 11 is 5.67. The van der Waals surface area contributed by atoms with E-state index in [0.29, 0.717) is 17.3 Å². The molecule has 88 valence electrons. The molecule has 2 amide bonds. The minimum absolute atomic E-state index is 0.189. The highest BCUT2D eigenvalue weighted by atomic mass is 35.5. The Morgan fingerprint density at radius 3 is 2.82 bits per heavy atom. The largest absolute Gasteiger partial charge is 0.305 e. The summed E-state index contributed by atoms with van der Waals surface area (Å²) in [6, 6.07) is 3.21. The van der Waals surface area contributed by atoms with Gasteiger partial charge in [-0.2, -0.15) is 5.10 Å². The molecule has 0 unspecified atom stereocenters. The fraction of sp³-hybridized carbons (Fsp3) is 0.200. The van der Waals surface area contributed by atoms with Crippen LogP contribution in [0.5, 0.6) is 0 Å². The number of carbonyl (C=O) groups is 2. The summed E-state index contributed by atoms with van der Waals surface area (Å²) < 4.78 is 0. The standard InChI is InChI=1S/C10H9ClN4O2/c11-6-1-3-8(12-5-6)13-10(17)7-2-4-9(16)15-14-7/h1,3,5H,2,4H2,(H,15,16)(H,12,13,17). The van der Waals surface area contributed by atoms with Crippen molar-refractivity contribution in [1.29, 1.82) is 0 Å². The van der Waals surface area contributed by atoms with Crippen LogP contribution < -0.4 is 10.7 Å². The third-order valence-corrected chi connectivity index (χ3v) is 2.36. The van der Waals surface area contributed by atoms with Crippen LogP contribution in [0, 0.1) is 0 Å². The van der Waals surface area contributed by atoms with Crippen LogP contribution in [-0.2, 0) is 9.59 Å². The summed E-state index contributed by atoms with van der Waals surface area (Å²) in [5.41, 5.74) is 2.53. The second kappa shape index (κ2) is 4.92. The number of anilines is 1. The molecule has 0 radical (unpaired) electrons. The highest BCUT2D eigenvalue weighted by Gasteiger charge is 2.18. The predicted molar refractivity (Wildman–Crippen MR) is 62.7 cm³/mol. The van der Waals surface area contributed by atoms with Crippen LogP contribution in [0.15, 0.2) is 23.4 Å². The molecule has 2 rings (SSSR count). The zero-order chi connectivity index (χ0) is 12.3. The fourth-order valence-corrected chi connectivity index (χ4v) is 1.39.